The van der Waals surface area contributed by atoms with E-state index in [1.165, 1.54) is 28.6 Å². The normalized spacial score (nSPS) is 16.7. The first kappa shape index (κ1) is 29.7. The van der Waals surface area contributed by atoms with Crippen LogP contribution in [0.3, 0.4) is 0 Å². The Morgan fingerprint density at radius 2 is 1.70 bits per heavy atom. The summed E-state index contributed by atoms with van der Waals surface area (Å²) in [6, 6.07) is 21.1. The fraction of sp³-hybridized carbons (Fsp3) is 0.333. The molecule has 10 heteroatoms. The molecule has 2 amide bonds. The number of nitrogens with zero attached hydrogens (tertiary/aromatic N) is 2. The Kier molecular flexibility index (Phi) is 9.97. The Bertz CT molecular complexity index is 1400. The first-order valence-corrected chi connectivity index (χ1v) is 15.1. The second-order valence-electron chi connectivity index (χ2n) is 9.95. The van der Waals surface area contributed by atoms with Crippen molar-refractivity contribution in [1.82, 2.24) is 14.5 Å². The van der Waals surface area contributed by atoms with Gasteiger partial charge in [0.15, 0.2) is 0 Å². The molecule has 0 spiro atoms. The third-order valence-electron chi connectivity index (χ3n) is 7.08. The van der Waals surface area contributed by atoms with Crippen LogP contribution in [0.4, 0.5) is 0 Å². The van der Waals surface area contributed by atoms with Gasteiger partial charge < -0.3 is 15.3 Å². The van der Waals surface area contributed by atoms with Crippen LogP contribution in [0.25, 0.3) is 0 Å². The maximum Gasteiger partial charge on any atom is 0.253 e. The van der Waals surface area contributed by atoms with E-state index in [1.54, 1.807) is 36.2 Å². The van der Waals surface area contributed by atoms with E-state index in [0.29, 0.717) is 42.1 Å². The van der Waals surface area contributed by atoms with E-state index < -0.39 is 22.2 Å². The van der Waals surface area contributed by atoms with Gasteiger partial charge in [-0.15, -0.1) is 0 Å². The van der Waals surface area contributed by atoms with E-state index in [4.69, 9.17) is 11.6 Å². The predicted molar refractivity (Wildman–Crippen MR) is 154 cm³/mol. The Morgan fingerprint density at radius 3 is 2.38 bits per heavy atom. The minimum absolute atomic E-state index is 0.0311. The van der Waals surface area contributed by atoms with Gasteiger partial charge in [0.05, 0.1) is 11.0 Å². The minimum atomic E-state index is -4.03. The third kappa shape index (κ3) is 7.28. The maximum absolute atomic E-state index is 13.7. The van der Waals surface area contributed by atoms with Gasteiger partial charge in [0, 0.05) is 37.3 Å². The van der Waals surface area contributed by atoms with Gasteiger partial charge in [0.1, 0.15) is 6.04 Å². The number of sulfonamides is 1. The average molecular weight is 584 g/mol. The number of carbonyl (C=O) groups is 2. The van der Waals surface area contributed by atoms with E-state index in [-0.39, 0.29) is 23.3 Å². The number of carbonyl (C=O) groups excluding carboxylic acids is 2. The molecule has 1 saturated heterocycles. The smallest absolute Gasteiger partial charge is 0.253 e. The first-order valence-electron chi connectivity index (χ1n) is 13.3. The number of rotatable bonds is 10. The number of hydrogen-bond acceptors (Lipinski definition) is 5. The van der Waals surface area contributed by atoms with Gasteiger partial charge in [-0.1, -0.05) is 54.1 Å². The first-order chi connectivity index (χ1) is 19.2. The van der Waals surface area contributed by atoms with Crippen LogP contribution in [-0.2, 0) is 21.4 Å². The molecule has 0 saturated carbocycles. The maximum atomic E-state index is 13.7. The van der Waals surface area contributed by atoms with Crippen molar-refractivity contribution in [1.29, 1.82) is 0 Å². The number of benzene rings is 3. The quantitative estimate of drug-likeness (QED) is 0.368. The van der Waals surface area contributed by atoms with Crippen molar-refractivity contribution in [2.24, 2.45) is 0 Å². The molecule has 3 aromatic carbocycles. The van der Waals surface area contributed by atoms with Crippen LogP contribution in [0.2, 0.25) is 5.02 Å². The number of aliphatic hydroxyl groups is 1. The zero-order valence-electron chi connectivity index (χ0n) is 22.4. The number of amides is 2. The van der Waals surface area contributed by atoms with E-state index in [9.17, 15) is 23.1 Å². The van der Waals surface area contributed by atoms with Crippen molar-refractivity contribution in [3.63, 3.8) is 0 Å². The largest absolute Gasteiger partial charge is 0.388 e. The van der Waals surface area contributed by atoms with Crippen LogP contribution in [-0.4, -0.2) is 60.7 Å². The zero-order chi connectivity index (χ0) is 28.7. The van der Waals surface area contributed by atoms with Crippen LogP contribution in [0, 0.1) is 0 Å². The molecule has 0 bridgehead atoms. The van der Waals surface area contributed by atoms with Gasteiger partial charge >= 0.3 is 0 Å². The Hall–Kier alpha value is -3.24. The number of halogens is 1. The molecule has 0 aliphatic carbocycles. The Labute approximate surface area is 240 Å². The van der Waals surface area contributed by atoms with E-state index in [1.807, 2.05) is 30.3 Å². The second-order valence-corrected chi connectivity index (χ2v) is 12.3. The lowest BCUT2D eigenvalue weighted by atomic mass is 10.1. The van der Waals surface area contributed by atoms with E-state index in [0.717, 1.165) is 18.4 Å². The predicted octanol–water partition coefficient (Wildman–Crippen LogP) is 4.40. The molecule has 2 atom stereocenters. The molecule has 2 N–H and O–H groups in total. The van der Waals surface area contributed by atoms with E-state index in [2.05, 4.69) is 5.32 Å². The fourth-order valence-corrected chi connectivity index (χ4v) is 6.45. The highest BCUT2D eigenvalue weighted by Gasteiger charge is 2.36. The second kappa shape index (κ2) is 13.4. The molecule has 212 valence electrons. The lowest BCUT2D eigenvalue weighted by Crippen LogP contribution is -2.48. The Balaban J connectivity index is 1.49. The molecule has 1 aliphatic rings. The highest BCUT2D eigenvalue weighted by Crippen LogP contribution is 2.26. The number of hydrogen-bond donors (Lipinski definition) is 2. The molecule has 8 nitrogen and oxygen atoms in total. The van der Waals surface area contributed by atoms with Crippen molar-refractivity contribution in [2.45, 2.75) is 49.3 Å². The minimum Gasteiger partial charge on any atom is -0.388 e. The molecule has 3 aromatic rings. The van der Waals surface area contributed by atoms with Crippen LogP contribution in [0.15, 0.2) is 83.8 Å². The average Bonchev–Trinajstić information content (AvgIpc) is 3.18. The highest BCUT2D eigenvalue weighted by molar-refractivity contribution is 7.89. The van der Waals surface area contributed by atoms with Gasteiger partial charge in [-0.3, -0.25) is 9.59 Å². The SMILES string of the molecule is CN(CCC(O)c1ccccc1)C(=O)c1ccc(CN([C@@H]2CCCCNC2=O)S(=O)(=O)c2ccc(Cl)cc2)cc1. The summed E-state index contributed by atoms with van der Waals surface area (Å²) in [5.74, 6) is -0.526. The standard InChI is InChI=1S/C30H34ClN3O5S/c1-33(20-18-28(35)23-7-3-2-4-8-23)30(37)24-12-10-22(11-13-24)21-34(27-9-5-6-19-32-29(27)36)40(38,39)26-16-14-25(31)15-17-26/h2-4,7-8,10-17,27-28,35H,5-6,9,18-21H2,1H3,(H,32,36)/t27-,28?/m1/s1. The van der Waals surface area contributed by atoms with Crippen molar-refractivity contribution < 1.29 is 23.1 Å². The zero-order valence-corrected chi connectivity index (χ0v) is 23.9. The van der Waals surface area contributed by atoms with Gasteiger partial charge in [-0.25, -0.2) is 8.42 Å². The van der Waals surface area contributed by atoms with E-state index >= 15 is 0 Å². The molecule has 40 heavy (non-hydrogen) atoms. The highest BCUT2D eigenvalue weighted by atomic mass is 35.5. The van der Waals surface area contributed by atoms with Gasteiger partial charge in [0.2, 0.25) is 15.9 Å². The monoisotopic (exact) mass is 583 g/mol. The summed E-state index contributed by atoms with van der Waals surface area (Å²) in [4.78, 5) is 27.5. The summed E-state index contributed by atoms with van der Waals surface area (Å²) in [6.07, 6.45) is 1.63. The molecule has 4 rings (SSSR count). The molecule has 1 unspecified atom stereocenters. The molecular formula is C30H34ClN3O5S. The molecule has 0 radical (unpaired) electrons. The number of nitrogens with one attached hydrogen (secondary N) is 1. The molecule has 0 aromatic heterocycles. The molecular weight excluding hydrogens is 550 g/mol. The summed E-state index contributed by atoms with van der Waals surface area (Å²) < 4.78 is 28.7. The summed E-state index contributed by atoms with van der Waals surface area (Å²) in [6.45, 7) is 0.841. The summed E-state index contributed by atoms with van der Waals surface area (Å²) in [7, 11) is -2.35. The Morgan fingerprint density at radius 1 is 1.02 bits per heavy atom. The van der Waals surface area contributed by atoms with Crippen LogP contribution in [0.5, 0.6) is 0 Å². The molecule has 1 aliphatic heterocycles. The lowest BCUT2D eigenvalue weighted by Gasteiger charge is -2.29. The van der Waals surface area contributed by atoms with Crippen molar-refractivity contribution in [3.05, 3.63) is 101 Å². The summed E-state index contributed by atoms with van der Waals surface area (Å²) in [5.41, 5.74) is 1.89. The van der Waals surface area contributed by atoms with Gasteiger partial charge in [-0.2, -0.15) is 4.31 Å². The third-order valence-corrected chi connectivity index (χ3v) is 9.20. The lowest BCUT2D eigenvalue weighted by molar-refractivity contribution is -0.124. The van der Waals surface area contributed by atoms with Gasteiger partial charge in [0.25, 0.3) is 5.91 Å². The summed E-state index contributed by atoms with van der Waals surface area (Å²) >= 11 is 5.97. The topological polar surface area (TPSA) is 107 Å². The van der Waals surface area contributed by atoms with Crippen LogP contribution >= 0.6 is 11.6 Å². The van der Waals surface area contributed by atoms with Crippen molar-refractivity contribution >= 4 is 33.4 Å². The summed E-state index contributed by atoms with van der Waals surface area (Å²) in [5, 5.41) is 13.7. The van der Waals surface area contributed by atoms with Gasteiger partial charge in [-0.05, 0) is 73.2 Å². The molecule has 1 heterocycles. The molecule has 1 fully saturated rings. The van der Waals surface area contributed by atoms with Crippen molar-refractivity contribution in [3.8, 4) is 0 Å². The van der Waals surface area contributed by atoms with Crippen molar-refractivity contribution in [2.75, 3.05) is 20.1 Å². The fourth-order valence-electron chi connectivity index (χ4n) is 4.71. The van der Waals surface area contributed by atoms with Crippen LogP contribution in [0.1, 0.15) is 53.3 Å². The number of aliphatic hydroxyl groups excluding tert-OH is 1. The van der Waals surface area contributed by atoms with Crippen LogP contribution < -0.4 is 5.32 Å².